The van der Waals surface area contributed by atoms with Crippen LogP contribution in [0.1, 0.15) is 12.8 Å². The fourth-order valence-electron chi connectivity index (χ4n) is 3.16. The predicted octanol–water partition coefficient (Wildman–Crippen LogP) is 2.78. The Morgan fingerprint density at radius 2 is 1.52 bits per heavy atom. The molecule has 0 aliphatic carbocycles. The molecule has 3 rings (SSSR count). The Morgan fingerprint density at radius 3 is 2.07 bits per heavy atom. The van der Waals surface area contributed by atoms with Crippen molar-refractivity contribution in [2.45, 2.75) is 22.6 Å². The lowest BCUT2D eigenvalue weighted by atomic mass is 9.97. The van der Waals surface area contributed by atoms with E-state index in [0.29, 0.717) is 23.6 Å². The summed E-state index contributed by atoms with van der Waals surface area (Å²) in [5.74, 6) is -0.502. The van der Waals surface area contributed by atoms with Gasteiger partial charge in [0, 0.05) is 25.3 Å². The minimum absolute atomic E-state index is 0.0314. The Morgan fingerprint density at radius 1 is 0.966 bits per heavy atom. The largest absolute Gasteiger partial charge is 0.325 e. The third-order valence-corrected chi connectivity index (χ3v) is 8.22. The lowest BCUT2D eigenvalue weighted by Gasteiger charge is -2.30. The molecule has 1 amide bonds. The molecule has 0 bridgehead atoms. The molecule has 29 heavy (non-hydrogen) atoms. The van der Waals surface area contributed by atoms with Gasteiger partial charge in [-0.05, 0) is 49.2 Å². The van der Waals surface area contributed by atoms with E-state index in [-0.39, 0.29) is 34.7 Å². The number of sulfonamides is 1. The van der Waals surface area contributed by atoms with Crippen LogP contribution < -0.4 is 5.32 Å². The van der Waals surface area contributed by atoms with E-state index < -0.39 is 19.9 Å². The average molecular weight is 457 g/mol. The van der Waals surface area contributed by atoms with E-state index in [9.17, 15) is 21.6 Å². The zero-order chi connectivity index (χ0) is 21.2. The van der Waals surface area contributed by atoms with Crippen LogP contribution in [0.3, 0.4) is 0 Å². The number of nitrogens with zero attached hydrogens (tertiary/aromatic N) is 1. The highest BCUT2D eigenvalue weighted by Crippen LogP contribution is 2.27. The summed E-state index contributed by atoms with van der Waals surface area (Å²) in [6.45, 7) is 0.410. The molecule has 0 unspecified atom stereocenters. The summed E-state index contributed by atoms with van der Waals surface area (Å²) in [4.78, 5) is 12.6. The van der Waals surface area contributed by atoms with Gasteiger partial charge in [0.1, 0.15) is 0 Å². The number of amides is 1. The van der Waals surface area contributed by atoms with Crippen molar-refractivity contribution in [3.8, 4) is 0 Å². The van der Waals surface area contributed by atoms with Gasteiger partial charge in [-0.3, -0.25) is 4.79 Å². The van der Waals surface area contributed by atoms with Crippen LogP contribution in [0.25, 0.3) is 0 Å². The van der Waals surface area contributed by atoms with E-state index >= 15 is 0 Å². The molecule has 10 heteroatoms. The Balaban J connectivity index is 1.65. The van der Waals surface area contributed by atoms with E-state index in [2.05, 4.69) is 5.32 Å². The summed E-state index contributed by atoms with van der Waals surface area (Å²) in [5, 5.41) is 3.23. The molecular formula is C19H21ClN2O5S2. The Hall–Kier alpha value is -1.94. The predicted molar refractivity (Wildman–Crippen MR) is 111 cm³/mol. The topological polar surface area (TPSA) is 101 Å². The van der Waals surface area contributed by atoms with Crippen LogP contribution in [0.2, 0.25) is 5.02 Å². The van der Waals surface area contributed by atoms with Crippen molar-refractivity contribution in [3.63, 3.8) is 0 Å². The fourth-order valence-corrected chi connectivity index (χ4v) is 5.45. The quantitative estimate of drug-likeness (QED) is 0.745. The van der Waals surface area contributed by atoms with Crippen LogP contribution in [0.15, 0.2) is 58.3 Å². The number of rotatable bonds is 5. The molecule has 0 atom stereocenters. The molecule has 1 aliphatic heterocycles. The number of hydrogen-bond donors (Lipinski definition) is 1. The SMILES string of the molecule is CS(=O)(=O)c1ccc(S(=O)(=O)N2CCC(C(=O)Nc3ccccc3Cl)CC2)cc1. The highest BCUT2D eigenvalue weighted by atomic mass is 35.5. The first-order chi connectivity index (χ1) is 13.6. The second-order valence-electron chi connectivity index (χ2n) is 6.89. The van der Waals surface area contributed by atoms with E-state index in [1.54, 1.807) is 24.3 Å². The van der Waals surface area contributed by atoms with Gasteiger partial charge in [-0.1, -0.05) is 23.7 Å². The van der Waals surface area contributed by atoms with Gasteiger partial charge >= 0.3 is 0 Å². The van der Waals surface area contributed by atoms with Gasteiger partial charge in [0.05, 0.1) is 20.5 Å². The van der Waals surface area contributed by atoms with Crippen molar-refractivity contribution in [2.24, 2.45) is 5.92 Å². The number of halogens is 1. The first-order valence-corrected chi connectivity index (χ1v) is 12.7. The van der Waals surface area contributed by atoms with Gasteiger partial charge in [-0.25, -0.2) is 16.8 Å². The minimum atomic E-state index is -3.75. The number of nitrogens with one attached hydrogen (secondary N) is 1. The van der Waals surface area contributed by atoms with E-state index in [0.717, 1.165) is 6.26 Å². The van der Waals surface area contributed by atoms with E-state index in [1.165, 1.54) is 28.6 Å². The molecular weight excluding hydrogens is 436 g/mol. The highest BCUT2D eigenvalue weighted by Gasteiger charge is 2.32. The number of carbonyl (C=O) groups excluding carboxylic acids is 1. The van der Waals surface area contributed by atoms with Gasteiger partial charge in [-0.15, -0.1) is 0 Å². The Labute approximate surface area is 175 Å². The van der Waals surface area contributed by atoms with Gasteiger partial charge in [0.15, 0.2) is 9.84 Å². The zero-order valence-corrected chi connectivity index (χ0v) is 18.1. The molecule has 1 heterocycles. The van der Waals surface area contributed by atoms with Crippen molar-refractivity contribution in [2.75, 3.05) is 24.7 Å². The molecule has 1 aliphatic rings. The fraction of sp³-hybridized carbons (Fsp3) is 0.316. The van der Waals surface area contributed by atoms with Crippen molar-refractivity contribution in [3.05, 3.63) is 53.6 Å². The lowest BCUT2D eigenvalue weighted by molar-refractivity contribution is -0.120. The molecule has 0 saturated carbocycles. The van der Waals surface area contributed by atoms with Crippen molar-refractivity contribution >= 4 is 43.1 Å². The number of carbonyl (C=O) groups is 1. The molecule has 1 saturated heterocycles. The monoisotopic (exact) mass is 456 g/mol. The van der Waals surface area contributed by atoms with Gasteiger partial charge in [-0.2, -0.15) is 4.31 Å². The summed E-state index contributed by atoms with van der Waals surface area (Å²) >= 11 is 6.06. The average Bonchev–Trinajstić information content (AvgIpc) is 2.69. The van der Waals surface area contributed by atoms with Crippen LogP contribution in [0, 0.1) is 5.92 Å². The smallest absolute Gasteiger partial charge is 0.243 e. The minimum Gasteiger partial charge on any atom is -0.325 e. The molecule has 0 aromatic heterocycles. The second-order valence-corrected chi connectivity index (χ2v) is 11.3. The molecule has 7 nitrogen and oxygen atoms in total. The summed E-state index contributed by atoms with van der Waals surface area (Å²) in [7, 11) is -7.15. The summed E-state index contributed by atoms with van der Waals surface area (Å²) in [5.41, 5.74) is 0.528. The van der Waals surface area contributed by atoms with Crippen LogP contribution in [-0.4, -0.2) is 46.4 Å². The van der Waals surface area contributed by atoms with Crippen LogP contribution >= 0.6 is 11.6 Å². The maximum Gasteiger partial charge on any atom is 0.243 e. The summed E-state index contributed by atoms with van der Waals surface area (Å²) in [6.07, 6.45) is 1.84. The normalized spacial score (nSPS) is 16.5. The number of para-hydroxylation sites is 1. The summed E-state index contributed by atoms with van der Waals surface area (Å²) in [6, 6.07) is 12.1. The van der Waals surface area contributed by atoms with Crippen molar-refractivity contribution < 1.29 is 21.6 Å². The standard InChI is InChI=1S/C19H21ClN2O5S2/c1-28(24,25)15-6-8-16(9-7-15)29(26,27)22-12-10-14(11-13-22)19(23)21-18-5-3-2-4-17(18)20/h2-9,14H,10-13H2,1H3,(H,21,23). The van der Waals surface area contributed by atoms with Gasteiger partial charge in [0.2, 0.25) is 15.9 Å². The first-order valence-electron chi connectivity index (χ1n) is 8.95. The maximum atomic E-state index is 12.8. The highest BCUT2D eigenvalue weighted by molar-refractivity contribution is 7.90. The van der Waals surface area contributed by atoms with Crippen LogP contribution in [0.5, 0.6) is 0 Å². The van der Waals surface area contributed by atoms with Crippen molar-refractivity contribution in [1.82, 2.24) is 4.31 Å². The number of hydrogen-bond acceptors (Lipinski definition) is 5. The number of benzene rings is 2. The molecule has 2 aromatic carbocycles. The summed E-state index contributed by atoms with van der Waals surface area (Å²) < 4.78 is 50.0. The Kier molecular flexibility index (Phi) is 6.33. The second kappa shape index (κ2) is 8.43. The van der Waals surface area contributed by atoms with Gasteiger partial charge < -0.3 is 5.32 Å². The molecule has 2 aromatic rings. The molecule has 1 fully saturated rings. The number of piperidine rings is 1. The molecule has 0 radical (unpaired) electrons. The first kappa shape index (κ1) is 21.8. The zero-order valence-electron chi connectivity index (χ0n) is 15.7. The Bertz CT molecular complexity index is 1110. The number of sulfone groups is 1. The van der Waals surface area contributed by atoms with Crippen molar-refractivity contribution in [1.29, 1.82) is 0 Å². The third-order valence-electron chi connectivity index (χ3n) is 4.85. The molecule has 0 spiro atoms. The van der Waals surface area contributed by atoms with E-state index in [1.807, 2.05) is 0 Å². The van der Waals surface area contributed by atoms with Gasteiger partial charge in [0.25, 0.3) is 0 Å². The number of anilines is 1. The van der Waals surface area contributed by atoms with Crippen LogP contribution in [-0.2, 0) is 24.7 Å². The molecule has 1 N–H and O–H groups in total. The lowest BCUT2D eigenvalue weighted by Crippen LogP contribution is -2.41. The van der Waals surface area contributed by atoms with Crippen LogP contribution in [0.4, 0.5) is 5.69 Å². The third kappa shape index (κ3) is 4.98. The molecule has 156 valence electrons. The van der Waals surface area contributed by atoms with E-state index in [4.69, 9.17) is 11.6 Å². The maximum absolute atomic E-state index is 12.8.